The number of amides is 1. The predicted molar refractivity (Wildman–Crippen MR) is 109 cm³/mol. The molecule has 1 aromatic heterocycles. The molecular weight excluding hydrogens is 356 g/mol. The second kappa shape index (κ2) is 9.25. The van der Waals surface area contributed by atoms with Crippen LogP contribution in [0, 0.1) is 5.92 Å². The average Bonchev–Trinajstić information content (AvgIpc) is 3.07. The van der Waals surface area contributed by atoms with Crippen LogP contribution in [0.1, 0.15) is 91.9 Å². The molecule has 1 fully saturated rings. The number of ether oxygens (including phenoxy) is 1. The second-order valence-electron chi connectivity index (χ2n) is 9.55. The molecule has 0 radical (unpaired) electrons. The maximum atomic E-state index is 12.6. The first-order valence-electron chi connectivity index (χ1n) is 10.5. The fraction of sp³-hybridized carbons (Fsp3) is 0.857. The first-order valence-corrected chi connectivity index (χ1v) is 10.5. The maximum Gasteiger partial charge on any atom is 0.410 e. The highest BCUT2D eigenvalue weighted by atomic mass is 16.6. The molecule has 1 amide bonds. The van der Waals surface area contributed by atoms with Crippen molar-refractivity contribution < 1.29 is 14.1 Å². The Kier molecular flexibility index (Phi) is 7.48. The third-order valence-electron chi connectivity index (χ3n) is 5.14. The van der Waals surface area contributed by atoms with E-state index in [1.54, 1.807) is 0 Å². The van der Waals surface area contributed by atoms with Crippen molar-refractivity contribution in [3.05, 3.63) is 11.7 Å². The summed E-state index contributed by atoms with van der Waals surface area (Å²) in [4.78, 5) is 21.4. The van der Waals surface area contributed by atoms with E-state index >= 15 is 0 Å². The molecular formula is C21H38N4O3. The monoisotopic (exact) mass is 394 g/mol. The van der Waals surface area contributed by atoms with E-state index in [2.05, 4.69) is 35.8 Å². The average molecular weight is 395 g/mol. The standard InChI is InChI=1S/C21H38N4O3/c1-14(2)18-22-19(28-23-18)16(5)24-11-9-10-17(12-24)13-25(15(3)4)20(26)27-21(6,7)8/h14-17H,9-13H2,1-8H3/t16-,17+/m0/s1. The molecule has 0 saturated carbocycles. The predicted octanol–water partition coefficient (Wildman–Crippen LogP) is 4.61. The van der Waals surface area contributed by atoms with Gasteiger partial charge < -0.3 is 14.2 Å². The molecule has 7 heteroatoms. The van der Waals surface area contributed by atoms with E-state index in [0.29, 0.717) is 18.4 Å². The molecule has 0 aliphatic carbocycles. The number of aromatic nitrogens is 2. The molecule has 2 atom stereocenters. The zero-order valence-corrected chi connectivity index (χ0v) is 18.9. The van der Waals surface area contributed by atoms with Gasteiger partial charge in [-0.05, 0) is 66.8 Å². The van der Waals surface area contributed by atoms with Crippen LogP contribution in [0.25, 0.3) is 0 Å². The minimum atomic E-state index is -0.483. The van der Waals surface area contributed by atoms with E-state index in [1.165, 1.54) is 0 Å². The van der Waals surface area contributed by atoms with Gasteiger partial charge in [-0.15, -0.1) is 0 Å². The number of rotatable bonds is 6. The lowest BCUT2D eigenvalue weighted by molar-refractivity contribution is 0.0101. The number of carbonyl (C=O) groups excluding carboxylic acids is 1. The van der Waals surface area contributed by atoms with E-state index in [4.69, 9.17) is 9.26 Å². The van der Waals surface area contributed by atoms with Crippen molar-refractivity contribution in [1.29, 1.82) is 0 Å². The van der Waals surface area contributed by atoms with Gasteiger partial charge in [-0.1, -0.05) is 19.0 Å². The molecule has 1 aliphatic heterocycles. The zero-order valence-electron chi connectivity index (χ0n) is 18.9. The molecule has 0 bridgehead atoms. The highest BCUT2D eigenvalue weighted by Gasteiger charge is 2.31. The van der Waals surface area contributed by atoms with Crippen molar-refractivity contribution in [2.24, 2.45) is 5.92 Å². The van der Waals surface area contributed by atoms with Crippen LogP contribution >= 0.6 is 0 Å². The van der Waals surface area contributed by atoms with Crippen molar-refractivity contribution in [2.75, 3.05) is 19.6 Å². The van der Waals surface area contributed by atoms with Gasteiger partial charge in [-0.25, -0.2) is 4.79 Å². The second-order valence-corrected chi connectivity index (χ2v) is 9.55. The van der Waals surface area contributed by atoms with Gasteiger partial charge >= 0.3 is 6.09 Å². The lowest BCUT2D eigenvalue weighted by atomic mass is 9.96. The van der Waals surface area contributed by atoms with Crippen LogP contribution in [0.15, 0.2) is 4.52 Å². The van der Waals surface area contributed by atoms with E-state index in [9.17, 15) is 4.79 Å². The van der Waals surface area contributed by atoms with E-state index in [1.807, 2.05) is 39.5 Å². The zero-order chi connectivity index (χ0) is 21.1. The Morgan fingerprint density at radius 1 is 1.29 bits per heavy atom. The SMILES string of the molecule is CC(C)c1noc([C@H](C)N2CCC[C@@H](CN(C(=O)OC(C)(C)C)C(C)C)C2)n1. The summed E-state index contributed by atoms with van der Waals surface area (Å²) in [7, 11) is 0. The van der Waals surface area contributed by atoms with Crippen LogP contribution in [-0.4, -0.2) is 57.3 Å². The van der Waals surface area contributed by atoms with Crippen LogP contribution in [0.3, 0.4) is 0 Å². The summed E-state index contributed by atoms with van der Waals surface area (Å²) in [6, 6.07) is 0.184. The largest absolute Gasteiger partial charge is 0.444 e. The van der Waals surface area contributed by atoms with Crippen LogP contribution in [0.5, 0.6) is 0 Å². The van der Waals surface area contributed by atoms with Gasteiger partial charge in [0.15, 0.2) is 5.82 Å². The summed E-state index contributed by atoms with van der Waals surface area (Å²) in [6.45, 7) is 18.7. The summed E-state index contributed by atoms with van der Waals surface area (Å²) in [5.74, 6) is 2.09. The third kappa shape index (κ3) is 6.19. The van der Waals surface area contributed by atoms with E-state index < -0.39 is 5.60 Å². The first-order chi connectivity index (χ1) is 13.0. The molecule has 0 aromatic carbocycles. The Bertz CT molecular complexity index is 636. The quantitative estimate of drug-likeness (QED) is 0.701. The smallest absolute Gasteiger partial charge is 0.410 e. The number of likely N-dealkylation sites (tertiary alicyclic amines) is 1. The van der Waals surface area contributed by atoms with Crippen LogP contribution < -0.4 is 0 Å². The fourth-order valence-electron chi connectivity index (χ4n) is 3.50. The molecule has 0 N–H and O–H groups in total. The van der Waals surface area contributed by atoms with Gasteiger partial charge in [-0.3, -0.25) is 4.90 Å². The van der Waals surface area contributed by atoms with Crippen molar-refractivity contribution in [3.8, 4) is 0 Å². The Hall–Kier alpha value is -1.63. The minimum absolute atomic E-state index is 0.0804. The topological polar surface area (TPSA) is 71.7 Å². The van der Waals surface area contributed by atoms with E-state index in [-0.39, 0.29) is 24.1 Å². The van der Waals surface area contributed by atoms with Crippen molar-refractivity contribution in [2.45, 2.75) is 91.8 Å². The number of piperidine rings is 1. The Labute approximate surface area is 169 Å². The Morgan fingerprint density at radius 3 is 2.50 bits per heavy atom. The fourth-order valence-corrected chi connectivity index (χ4v) is 3.50. The molecule has 160 valence electrons. The van der Waals surface area contributed by atoms with Crippen molar-refractivity contribution in [1.82, 2.24) is 19.9 Å². The van der Waals surface area contributed by atoms with Gasteiger partial charge in [0.2, 0.25) is 5.89 Å². The molecule has 1 aromatic rings. The molecule has 1 aliphatic rings. The highest BCUT2D eigenvalue weighted by Crippen LogP contribution is 2.27. The minimum Gasteiger partial charge on any atom is -0.444 e. The molecule has 0 unspecified atom stereocenters. The van der Waals surface area contributed by atoms with E-state index in [0.717, 1.165) is 31.8 Å². The summed E-state index contributed by atoms with van der Waals surface area (Å²) >= 11 is 0. The molecule has 7 nitrogen and oxygen atoms in total. The number of nitrogens with zero attached hydrogens (tertiary/aromatic N) is 4. The number of hydrogen-bond donors (Lipinski definition) is 0. The maximum absolute atomic E-state index is 12.6. The van der Waals surface area contributed by atoms with Crippen LogP contribution in [0.2, 0.25) is 0 Å². The van der Waals surface area contributed by atoms with Gasteiger partial charge in [0.05, 0.1) is 6.04 Å². The summed E-state index contributed by atoms with van der Waals surface area (Å²) in [6.07, 6.45) is 1.97. The molecule has 28 heavy (non-hydrogen) atoms. The summed E-state index contributed by atoms with van der Waals surface area (Å²) < 4.78 is 11.1. The van der Waals surface area contributed by atoms with Gasteiger partial charge in [0, 0.05) is 25.0 Å². The number of hydrogen-bond acceptors (Lipinski definition) is 6. The lowest BCUT2D eigenvalue weighted by Crippen LogP contribution is -2.47. The van der Waals surface area contributed by atoms with Gasteiger partial charge in [-0.2, -0.15) is 4.98 Å². The number of carbonyl (C=O) groups is 1. The molecule has 0 spiro atoms. The first kappa shape index (κ1) is 22.7. The summed E-state index contributed by atoms with van der Waals surface area (Å²) in [5, 5.41) is 4.10. The molecule has 2 heterocycles. The Balaban J connectivity index is 2.01. The highest BCUT2D eigenvalue weighted by molar-refractivity contribution is 5.68. The van der Waals surface area contributed by atoms with Crippen molar-refractivity contribution in [3.63, 3.8) is 0 Å². The van der Waals surface area contributed by atoms with Crippen LogP contribution in [-0.2, 0) is 4.74 Å². The molecule has 2 rings (SSSR count). The van der Waals surface area contributed by atoms with Gasteiger partial charge in [0.1, 0.15) is 5.60 Å². The normalized spacial score (nSPS) is 19.9. The Morgan fingerprint density at radius 2 is 1.96 bits per heavy atom. The molecule has 1 saturated heterocycles. The third-order valence-corrected chi connectivity index (χ3v) is 5.14. The van der Waals surface area contributed by atoms with Crippen LogP contribution in [0.4, 0.5) is 4.79 Å². The van der Waals surface area contributed by atoms with Gasteiger partial charge in [0.25, 0.3) is 0 Å². The lowest BCUT2D eigenvalue weighted by Gasteiger charge is -2.39. The van der Waals surface area contributed by atoms with Crippen molar-refractivity contribution >= 4 is 6.09 Å². The summed E-state index contributed by atoms with van der Waals surface area (Å²) in [5.41, 5.74) is -0.483.